The summed E-state index contributed by atoms with van der Waals surface area (Å²) in [5.41, 5.74) is 2.95. The van der Waals surface area contributed by atoms with Crippen molar-refractivity contribution in [2.75, 3.05) is 20.8 Å². The molecule has 0 amide bonds. The maximum Gasteiger partial charge on any atom is 0.351 e. The van der Waals surface area contributed by atoms with Crippen molar-refractivity contribution >= 4 is 13.7 Å². The van der Waals surface area contributed by atoms with Crippen molar-refractivity contribution in [2.45, 2.75) is 19.3 Å². The lowest BCUT2D eigenvalue weighted by Gasteiger charge is -2.34. The third kappa shape index (κ3) is 5.66. The Morgan fingerprint density at radius 1 is 1.11 bits per heavy atom. The number of terminal acetylenes is 1. The van der Waals surface area contributed by atoms with Gasteiger partial charge in [-0.1, -0.05) is 72.7 Å². The Morgan fingerprint density at radius 2 is 1.67 bits per heavy atom. The predicted octanol–water partition coefficient (Wildman–Crippen LogP) is 5.04. The quantitative estimate of drug-likeness (QED) is 0.449. The van der Waals surface area contributed by atoms with E-state index in [-0.39, 0.29) is 0 Å². The van der Waals surface area contributed by atoms with E-state index in [1.807, 2.05) is 78.6 Å². The zero-order valence-corrected chi connectivity index (χ0v) is 16.9. The van der Waals surface area contributed by atoms with E-state index in [4.69, 9.17) is 15.5 Å². The van der Waals surface area contributed by atoms with Crippen LogP contribution < -0.4 is 0 Å². The van der Waals surface area contributed by atoms with Crippen molar-refractivity contribution in [3.63, 3.8) is 0 Å². The minimum Gasteiger partial charge on any atom is -0.311 e. The van der Waals surface area contributed by atoms with Crippen molar-refractivity contribution in [1.82, 2.24) is 4.90 Å². The first-order valence-electron chi connectivity index (χ1n) is 8.70. The van der Waals surface area contributed by atoms with Gasteiger partial charge in [-0.2, -0.15) is 0 Å². The average Bonchev–Trinajstić information content (AvgIpc) is 2.69. The van der Waals surface area contributed by atoms with Crippen molar-refractivity contribution in [1.29, 1.82) is 0 Å². The Balaban J connectivity index is 2.47. The Morgan fingerprint density at radius 3 is 2.19 bits per heavy atom. The molecule has 4 nitrogen and oxygen atoms in total. The summed E-state index contributed by atoms with van der Waals surface area (Å²) in [7, 11) is -0.632. The van der Waals surface area contributed by atoms with Gasteiger partial charge in [0, 0.05) is 20.8 Å². The van der Waals surface area contributed by atoms with Crippen molar-refractivity contribution < 1.29 is 13.6 Å². The lowest BCUT2D eigenvalue weighted by Crippen LogP contribution is -2.36. The molecule has 0 aliphatic heterocycles. The first-order chi connectivity index (χ1) is 13.0. The molecule has 0 fully saturated rings. The summed E-state index contributed by atoms with van der Waals surface area (Å²) in [5, 5.41) is 0. The van der Waals surface area contributed by atoms with E-state index < -0.39 is 13.4 Å². The SMILES string of the molecule is C#CCN(Cc1ccccc1)C(/C(C)=C/c1ccccc1)P(=O)(OC)OC. The van der Waals surface area contributed by atoms with Crippen LogP contribution in [0.3, 0.4) is 0 Å². The van der Waals surface area contributed by atoms with Crippen LogP contribution in [0.15, 0.2) is 66.2 Å². The highest BCUT2D eigenvalue weighted by Crippen LogP contribution is 2.55. The summed E-state index contributed by atoms with van der Waals surface area (Å²) >= 11 is 0. The van der Waals surface area contributed by atoms with Gasteiger partial charge in [0.25, 0.3) is 0 Å². The molecule has 5 heteroatoms. The van der Waals surface area contributed by atoms with Gasteiger partial charge in [0.2, 0.25) is 0 Å². The van der Waals surface area contributed by atoms with Crippen LogP contribution in [-0.4, -0.2) is 31.4 Å². The zero-order valence-electron chi connectivity index (χ0n) is 16.0. The first kappa shape index (κ1) is 21.2. The zero-order chi connectivity index (χ0) is 19.7. The normalized spacial score (nSPS) is 13.4. The van der Waals surface area contributed by atoms with Crippen LogP contribution in [0.1, 0.15) is 18.1 Å². The highest BCUT2D eigenvalue weighted by molar-refractivity contribution is 7.54. The number of hydrogen-bond donors (Lipinski definition) is 0. The van der Waals surface area contributed by atoms with Gasteiger partial charge in [0.15, 0.2) is 0 Å². The van der Waals surface area contributed by atoms with E-state index in [0.29, 0.717) is 13.1 Å². The Kier molecular flexibility index (Phi) is 8.03. The molecule has 0 N–H and O–H groups in total. The molecule has 142 valence electrons. The van der Waals surface area contributed by atoms with Gasteiger partial charge in [0.05, 0.1) is 6.54 Å². The molecule has 2 rings (SSSR count). The molecule has 0 spiro atoms. The minimum absolute atomic E-state index is 0.316. The third-order valence-corrected chi connectivity index (χ3v) is 6.63. The van der Waals surface area contributed by atoms with Gasteiger partial charge in [0.1, 0.15) is 5.78 Å². The summed E-state index contributed by atoms with van der Waals surface area (Å²) in [5.74, 6) is 2.08. The molecule has 0 saturated heterocycles. The number of rotatable bonds is 9. The molecule has 27 heavy (non-hydrogen) atoms. The highest BCUT2D eigenvalue weighted by Gasteiger charge is 2.39. The van der Waals surface area contributed by atoms with Gasteiger partial charge in [-0.25, -0.2) is 0 Å². The largest absolute Gasteiger partial charge is 0.351 e. The topological polar surface area (TPSA) is 38.8 Å². The van der Waals surface area contributed by atoms with Crippen LogP contribution >= 0.6 is 7.60 Å². The number of benzene rings is 2. The van der Waals surface area contributed by atoms with Gasteiger partial charge < -0.3 is 9.05 Å². The third-order valence-electron chi connectivity index (χ3n) is 4.28. The van der Waals surface area contributed by atoms with Crippen LogP contribution in [-0.2, 0) is 20.2 Å². The molecule has 2 aromatic rings. The molecule has 0 bridgehead atoms. The van der Waals surface area contributed by atoms with E-state index in [2.05, 4.69) is 5.92 Å². The van der Waals surface area contributed by atoms with Crippen molar-refractivity contribution in [3.8, 4) is 12.3 Å². The standard InChI is InChI=1S/C22H26NO3P/c1-5-16-23(18-21-14-10-7-11-15-21)22(27(24,25-3)26-4)19(2)17-20-12-8-6-9-13-20/h1,6-15,17,22H,16,18H2,2-4H3/b19-17+. The van der Waals surface area contributed by atoms with Gasteiger partial charge in [-0.05, 0) is 23.6 Å². The van der Waals surface area contributed by atoms with Crippen molar-refractivity contribution in [3.05, 3.63) is 77.4 Å². The molecule has 0 aliphatic carbocycles. The van der Waals surface area contributed by atoms with Crippen LogP contribution in [0.5, 0.6) is 0 Å². The predicted molar refractivity (Wildman–Crippen MR) is 111 cm³/mol. The van der Waals surface area contributed by atoms with E-state index in [1.165, 1.54) is 14.2 Å². The molecular formula is C22H26NO3P. The second kappa shape index (κ2) is 10.3. The summed E-state index contributed by atoms with van der Waals surface area (Å²) in [6.45, 7) is 2.78. The second-order valence-corrected chi connectivity index (χ2v) is 8.47. The Labute approximate surface area is 162 Å². The summed E-state index contributed by atoms with van der Waals surface area (Å²) in [4.78, 5) is 1.96. The smallest absolute Gasteiger partial charge is 0.311 e. The number of nitrogens with zero attached hydrogens (tertiary/aromatic N) is 1. The van der Waals surface area contributed by atoms with Crippen LogP contribution in [0, 0.1) is 12.3 Å². The molecule has 0 aromatic heterocycles. The molecule has 0 aliphatic rings. The summed E-state index contributed by atoms with van der Waals surface area (Å²) in [6.07, 6.45) is 7.61. The molecule has 1 unspecified atom stereocenters. The van der Waals surface area contributed by atoms with Crippen LogP contribution in [0.25, 0.3) is 6.08 Å². The van der Waals surface area contributed by atoms with E-state index >= 15 is 0 Å². The molecule has 0 radical (unpaired) electrons. The monoisotopic (exact) mass is 383 g/mol. The fourth-order valence-corrected chi connectivity index (χ4v) is 4.75. The van der Waals surface area contributed by atoms with Crippen LogP contribution in [0.4, 0.5) is 0 Å². The van der Waals surface area contributed by atoms with E-state index in [9.17, 15) is 4.57 Å². The molecule has 0 heterocycles. The second-order valence-electron chi connectivity index (χ2n) is 6.17. The maximum absolute atomic E-state index is 13.4. The Hall–Kier alpha value is -2.15. The van der Waals surface area contributed by atoms with Gasteiger partial charge in [-0.3, -0.25) is 9.46 Å². The molecular weight excluding hydrogens is 357 g/mol. The first-order valence-corrected chi connectivity index (χ1v) is 10.3. The number of hydrogen-bond acceptors (Lipinski definition) is 4. The van der Waals surface area contributed by atoms with E-state index in [1.54, 1.807) is 0 Å². The minimum atomic E-state index is -3.45. The lowest BCUT2D eigenvalue weighted by molar-refractivity contribution is 0.211. The summed E-state index contributed by atoms with van der Waals surface area (Å²) < 4.78 is 24.1. The summed E-state index contributed by atoms with van der Waals surface area (Å²) in [6, 6.07) is 19.8. The molecule has 2 aromatic carbocycles. The van der Waals surface area contributed by atoms with E-state index in [0.717, 1.165) is 16.7 Å². The fourth-order valence-electron chi connectivity index (χ4n) is 3.06. The lowest BCUT2D eigenvalue weighted by atomic mass is 10.1. The molecule has 0 saturated carbocycles. The highest BCUT2D eigenvalue weighted by atomic mass is 31.2. The Bertz CT molecular complexity index is 820. The van der Waals surface area contributed by atoms with Crippen molar-refractivity contribution in [2.24, 2.45) is 0 Å². The van der Waals surface area contributed by atoms with Crippen LogP contribution in [0.2, 0.25) is 0 Å². The van der Waals surface area contributed by atoms with Gasteiger partial charge in [-0.15, -0.1) is 6.42 Å². The van der Waals surface area contributed by atoms with Gasteiger partial charge >= 0.3 is 7.60 Å². The fraction of sp³-hybridized carbons (Fsp3) is 0.273. The maximum atomic E-state index is 13.4. The average molecular weight is 383 g/mol. The molecule has 1 atom stereocenters.